The molecule has 0 aromatic carbocycles. The zero-order valence-corrected chi connectivity index (χ0v) is 10.5. The van der Waals surface area contributed by atoms with Gasteiger partial charge in [0.15, 0.2) is 0 Å². The summed E-state index contributed by atoms with van der Waals surface area (Å²) in [5, 5.41) is 6.12. The summed E-state index contributed by atoms with van der Waals surface area (Å²) in [6, 6.07) is 4.00. The van der Waals surface area contributed by atoms with Crippen molar-refractivity contribution >= 4 is 17.7 Å². The highest BCUT2D eigenvalue weighted by Gasteiger charge is 2.21. The first-order valence-corrected chi connectivity index (χ1v) is 6.99. The summed E-state index contributed by atoms with van der Waals surface area (Å²) >= 11 is 1.77. The highest BCUT2D eigenvalue weighted by molar-refractivity contribution is 7.99. The molecule has 0 radical (unpaired) electrons. The van der Waals surface area contributed by atoms with Crippen LogP contribution in [0.1, 0.15) is 12.0 Å². The number of hydrogen-bond acceptors (Lipinski definition) is 4. The van der Waals surface area contributed by atoms with Crippen molar-refractivity contribution in [3.8, 4) is 0 Å². The molecule has 0 bridgehead atoms. The van der Waals surface area contributed by atoms with Crippen LogP contribution in [0.2, 0.25) is 0 Å². The van der Waals surface area contributed by atoms with Gasteiger partial charge in [0.1, 0.15) is 0 Å². The Morgan fingerprint density at radius 1 is 1.65 bits per heavy atom. The maximum atomic E-state index is 11.7. The van der Waals surface area contributed by atoms with Gasteiger partial charge in [-0.1, -0.05) is 6.07 Å². The molecule has 1 fully saturated rings. The predicted octanol–water partition coefficient (Wildman–Crippen LogP) is 0.793. The minimum atomic E-state index is -0.00149. The van der Waals surface area contributed by atoms with Crippen LogP contribution in [-0.4, -0.2) is 35.1 Å². The minimum absolute atomic E-state index is 0.00149. The lowest BCUT2D eigenvalue weighted by Gasteiger charge is -2.10. The van der Waals surface area contributed by atoms with Gasteiger partial charge in [-0.15, -0.1) is 11.8 Å². The fourth-order valence-electron chi connectivity index (χ4n) is 1.74. The lowest BCUT2D eigenvalue weighted by molar-refractivity contribution is -0.122. The van der Waals surface area contributed by atoms with Crippen LogP contribution < -0.4 is 10.6 Å². The van der Waals surface area contributed by atoms with Crippen LogP contribution in [0, 0.1) is 0 Å². The standard InChI is InChI=1S/C12H17N3OS/c16-12(11-8-17-9-15-11)14-6-2-4-10-3-1-5-13-7-10/h1,3,5,7,11,15H,2,4,6,8-9H2,(H,14,16). The summed E-state index contributed by atoms with van der Waals surface area (Å²) in [6.45, 7) is 0.733. The van der Waals surface area contributed by atoms with Gasteiger partial charge in [-0.2, -0.15) is 0 Å². The van der Waals surface area contributed by atoms with E-state index >= 15 is 0 Å². The van der Waals surface area contributed by atoms with E-state index in [0.717, 1.165) is 31.0 Å². The Morgan fingerprint density at radius 3 is 3.29 bits per heavy atom. The zero-order valence-electron chi connectivity index (χ0n) is 9.69. The number of aryl methyl sites for hydroxylation is 1. The van der Waals surface area contributed by atoms with E-state index < -0.39 is 0 Å². The van der Waals surface area contributed by atoms with Crippen molar-refractivity contribution in [1.29, 1.82) is 0 Å². The molecule has 1 aliphatic rings. The van der Waals surface area contributed by atoms with Crippen molar-refractivity contribution in [2.45, 2.75) is 18.9 Å². The lowest BCUT2D eigenvalue weighted by Crippen LogP contribution is -2.42. The molecule has 2 rings (SSSR count). The van der Waals surface area contributed by atoms with Gasteiger partial charge in [-0.3, -0.25) is 15.1 Å². The SMILES string of the molecule is O=C(NCCCc1cccnc1)C1CSCN1. The van der Waals surface area contributed by atoms with Crippen LogP contribution >= 0.6 is 11.8 Å². The maximum absolute atomic E-state index is 11.7. The first-order chi connectivity index (χ1) is 8.36. The molecule has 92 valence electrons. The lowest BCUT2D eigenvalue weighted by atomic mass is 10.1. The Hall–Kier alpha value is -1.07. The van der Waals surface area contributed by atoms with E-state index in [4.69, 9.17) is 0 Å². The summed E-state index contributed by atoms with van der Waals surface area (Å²) < 4.78 is 0. The molecule has 1 atom stereocenters. The summed E-state index contributed by atoms with van der Waals surface area (Å²) in [7, 11) is 0. The van der Waals surface area contributed by atoms with E-state index in [9.17, 15) is 4.79 Å². The Bertz CT molecular complexity index is 352. The molecule has 0 saturated carbocycles. The number of nitrogens with zero attached hydrogens (tertiary/aromatic N) is 1. The monoisotopic (exact) mass is 251 g/mol. The number of nitrogens with one attached hydrogen (secondary N) is 2. The molecular formula is C12H17N3OS. The topological polar surface area (TPSA) is 54.0 Å². The molecule has 5 heteroatoms. The van der Waals surface area contributed by atoms with E-state index in [-0.39, 0.29) is 11.9 Å². The second-order valence-electron chi connectivity index (χ2n) is 4.03. The third kappa shape index (κ3) is 4.02. The van der Waals surface area contributed by atoms with E-state index in [1.165, 1.54) is 5.56 Å². The average Bonchev–Trinajstić information content (AvgIpc) is 2.89. The van der Waals surface area contributed by atoms with Crippen molar-refractivity contribution in [3.05, 3.63) is 30.1 Å². The second kappa shape index (κ2) is 6.61. The first kappa shape index (κ1) is 12.4. The van der Waals surface area contributed by atoms with E-state index in [1.54, 1.807) is 18.0 Å². The van der Waals surface area contributed by atoms with Crippen molar-refractivity contribution < 1.29 is 4.79 Å². The molecule has 2 heterocycles. The van der Waals surface area contributed by atoms with Crippen LogP contribution in [0.4, 0.5) is 0 Å². The van der Waals surface area contributed by atoms with E-state index in [1.807, 2.05) is 12.3 Å². The molecule has 1 aromatic rings. The molecule has 2 N–H and O–H groups in total. The zero-order chi connectivity index (χ0) is 11.9. The fourth-order valence-corrected chi connectivity index (χ4v) is 2.68. The third-order valence-corrected chi connectivity index (χ3v) is 3.64. The number of rotatable bonds is 5. The Kier molecular flexibility index (Phi) is 4.82. The van der Waals surface area contributed by atoms with Crippen LogP contribution in [0.15, 0.2) is 24.5 Å². The number of carbonyl (C=O) groups excluding carboxylic acids is 1. The number of aromatic nitrogens is 1. The summed E-state index contributed by atoms with van der Waals surface area (Å²) in [4.78, 5) is 15.7. The van der Waals surface area contributed by atoms with Crippen LogP contribution in [0.25, 0.3) is 0 Å². The molecule has 0 spiro atoms. The first-order valence-electron chi connectivity index (χ1n) is 5.84. The second-order valence-corrected chi connectivity index (χ2v) is 5.06. The molecule has 17 heavy (non-hydrogen) atoms. The van der Waals surface area contributed by atoms with Gasteiger partial charge in [-0.25, -0.2) is 0 Å². The van der Waals surface area contributed by atoms with Gasteiger partial charge in [0.05, 0.1) is 6.04 Å². The predicted molar refractivity (Wildman–Crippen MR) is 69.8 cm³/mol. The quantitative estimate of drug-likeness (QED) is 0.760. The van der Waals surface area contributed by atoms with Crippen molar-refractivity contribution in [3.63, 3.8) is 0 Å². The van der Waals surface area contributed by atoms with Crippen molar-refractivity contribution in [1.82, 2.24) is 15.6 Å². The molecule has 0 aliphatic carbocycles. The van der Waals surface area contributed by atoms with Gasteiger partial charge in [0.2, 0.25) is 5.91 Å². The van der Waals surface area contributed by atoms with Crippen molar-refractivity contribution in [2.75, 3.05) is 18.2 Å². The molecule has 1 aliphatic heterocycles. The summed E-state index contributed by atoms with van der Waals surface area (Å²) in [6.07, 6.45) is 5.56. The van der Waals surface area contributed by atoms with E-state index in [0.29, 0.717) is 0 Å². The number of pyridine rings is 1. The Labute approximate surface area is 106 Å². The molecular weight excluding hydrogens is 234 g/mol. The highest BCUT2D eigenvalue weighted by atomic mass is 32.2. The van der Waals surface area contributed by atoms with Gasteiger partial charge >= 0.3 is 0 Å². The smallest absolute Gasteiger partial charge is 0.238 e. The number of thioether (sulfide) groups is 1. The minimum Gasteiger partial charge on any atom is -0.355 e. The largest absolute Gasteiger partial charge is 0.355 e. The third-order valence-electron chi connectivity index (χ3n) is 2.70. The average molecular weight is 251 g/mol. The van der Waals surface area contributed by atoms with Crippen LogP contribution in [-0.2, 0) is 11.2 Å². The number of hydrogen-bond donors (Lipinski definition) is 2. The van der Waals surface area contributed by atoms with Gasteiger partial charge in [0.25, 0.3) is 0 Å². The fraction of sp³-hybridized carbons (Fsp3) is 0.500. The maximum Gasteiger partial charge on any atom is 0.238 e. The summed E-state index contributed by atoms with van der Waals surface area (Å²) in [5.41, 5.74) is 1.22. The molecule has 1 unspecified atom stereocenters. The Morgan fingerprint density at radius 2 is 2.59 bits per heavy atom. The van der Waals surface area contributed by atoms with Crippen molar-refractivity contribution in [2.24, 2.45) is 0 Å². The van der Waals surface area contributed by atoms with Crippen LogP contribution in [0.5, 0.6) is 0 Å². The van der Waals surface area contributed by atoms with E-state index in [2.05, 4.69) is 21.7 Å². The number of carbonyl (C=O) groups is 1. The van der Waals surface area contributed by atoms with Gasteiger partial charge in [0, 0.05) is 30.6 Å². The Balaban J connectivity index is 1.61. The summed E-state index contributed by atoms with van der Waals surface area (Å²) in [5.74, 6) is 1.89. The molecule has 1 aromatic heterocycles. The molecule has 1 amide bonds. The molecule has 1 saturated heterocycles. The van der Waals surface area contributed by atoms with Gasteiger partial charge < -0.3 is 5.32 Å². The normalized spacial score (nSPS) is 19.2. The van der Waals surface area contributed by atoms with Gasteiger partial charge in [-0.05, 0) is 24.5 Å². The highest BCUT2D eigenvalue weighted by Crippen LogP contribution is 2.09. The molecule has 4 nitrogen and oxygen atoms in total. The number of amides is 1. The van der Waals surface area contributed by atoms with Crippen LogP contribution in [0.3, 0.4) is 0 Å².